The molecule has 1 heterocycles. The lowest BCUT2D eigenvalue weighted by atomic mass is 10.00. The monoisotopic (exact) mass is 287 g/mol. The zero-order valence-corrected chi connectivity index (χ0v) is 11.1. The predicted molar refractivity (Wildman–Crippen MR) is 66.0 cm³/mol. The van der Waals surface area contributed by atoms with Gasteiger partial charge < -0.3 is 10.4 Å². The van der Waals surface area contributed by atoms with Crippen molar-refractivity contribution in [2.45, 2.75) is 17.4 Å². The minimum absolute atomic E-state index is 0.250. The fourth-order valence-corrected chi connectivity index (χ4v) is 3.41. The molecule has 2 atom stereocenters. The van der Waals surface area contributed by atoms with E-state index in [9.17, 15) is 17.6 Å². The zero-order valence-electron chi connectivity index (χ0n) is 10.3. The molecule has 5 nitrogen and oxygen atoms in total. The summed E-state index contributed by atoms with van der Waals surface area (Å²) < 4.78 is 37.1. The van der Waals surface area contributed by atoms with Crippen molar-refractivity contribution in [3.8, 4) is 0 Å². The fourth-order valence-electron chi connectivity index (χ4n) is 2.35. The number of benzene rings is 1. The Balaban J connectivity index is 2.42. The van der Waals surface area contributed by atoms with Gasteiger partial charge in [0.05, 0.1) is 5.92 Å². The molecule has 19 heavy (non-hydrogen) atoms. The third kappa shape index (κ3) is 2.76. The maximum Gasteiger partial charge on any atom is 0.307 e. The van der Waals surface area contributed by atoms with Gasteiger partial charge in [0.2, 0.25) is 0 Å². The van der Waals surface area contributed by atoms with Crippen molar-refractivity contribution < 1.29 is 22.7 Å². The number of carbonyl (C=O) groups is 1. The van der Waals surface area contributed by atoms with Crippen molar-refractivity contribution in [2.75, 3.05) is 12.8 Å². The maximum atomic E-state index is 13.7. The molecule has 0 spiro atoms. The highest BCUT2D eigenvalue weighted by atomic mass is 32.2. The fraction of sp³-hybridized carbons (Fsp3) is 0.417. The van der Waals surface area contributed by atoms with Crippen LogP contribution in [0.1, 0.15) is 18.0 Å². The van der Waals surface area contributed by atoms with Gasteiger partial charge in [0.15, 0.2) is 9.84 Å². The van der Waals surface area contributed by atoms with Crippen LogP contribution in [0.4, 0.5) is 4.39 Å². The Labute approximate surface area is 110 Å². The van der Waals surface area contributed by atoms with Gasteiger partial charge in [-0.15, -0.1) is 0 Å². The molecule has 0 bridgehead atoms. The van der Waals surface area contributed by atoms with Crippen LogP contribution in [0.2, 0.25) is 0 Å². The molecule has 2 rings (SSSR count). The number of sulfone groups is 1. The highest BCUT2D eigenvalue weighted by Crippen LogP contribution is 2.32. The second-order valence-electron chi connectivity index (χ2n) is 4.66. The van der Waals surface area contributed by atoms with Gasteiger partial charge in [-0.3, -0.25) is 4.79 Å². The van der Waals surface area contributed by atoms with Crippen LogP contribution in [0.3, 0.4) is 0 Å². The van der Waals surface area contributed by atoms with E-state index in [2.05, 4.69) is 5.32 Å². The number of aliphatic carboxylic acids is 1. The second-order valence-corrected chi connectivity index (χ2v) is 6.61. The molecule has 7 heteroatoms. The predicted octanol–water partition coefficient (Wildman–Crippen LogP) is 0.964. The van der Waals surface area contributed by atoms with Crippen LogP contribution in [0.5, 0.6) is 0 Å². The van der Waals surface area contributed by atoms with Gasteiger partial charge >= 0.3 is 5.97 Å². The van der Waals surface area contributed by atoms with Gasteiger partial charge in [-0.25, -0.2) is 12.8 Å². The lowest BCUT2D eigenvalue weighted by Crippen LogP contribution is -2.18. The number of carboxylic acid groups (broad SMARTS) is 1. The van der Waals surface area contributed by atoms with Crippen LogP contribution in [-0.2, 0) is 14.6 Å². The molecule has 2 unspecified atom stereocenters. The van der Waals surface area contributed by atoms with Gasteiger partial charge in [0.1, 0.15) is 10.7 Å². The summed E-state index contributed by atoms with van der Waals surface area (Å²) in [6.07, 6.45) is 1.19. The molecule has 104 valence electrons. The number of nitrogens with one attached hydrogen (secondary N) is 1. The van der Waals surface area contributed by atoms with Crippen LogP contribution in [0, 0.1) is 11.7 Å². The molecule has 1 saturated heterocycles. The summed E-state index contributed by atoms with van der Waals surface area (Å²) in [5, 5.41) is 11.9. The Kier molecular flexibility index (Phi) is 3.60. The molecule has 2 N–H and O–H groups in total. The Hall–Kier alpha value is -1.47. The van der Waals surface area contributed by atoms with Crippen LogP contribution in [0.15, 0.2) is 23.1 Å². The third-order valence-electron chi connectivity index (χ3n) is 3.22. The van der Waals surface area contributed by atoms with Crippen LogP contribution in [0.25, 0.3) is 0 Å². The molecular weight excluding hydrogens is 273 g/mol. The summed E-state index contributed by atoms with van der Waals surface area (Å²) in [6.45, 7) is 0.250. The Morgan fingerprint density at radius 1 is 1.47 bits per heavy atom. The molecule has 1 aliphatic rings. The van der Waals surface area contributed by atoms with Crippen molar-refractivity contribution in [2.24, 2.45) is 5.92 Å². The van der Waals surface area contributed by atoms with Gasteiger partial charge in [-0.05, 0) is 18.1 Å². The maximum absolute atomic E-state index is 13.7. The number of hydrogen-bond acceptors (Lipinski definition) is 4. The first-order valence-corrected chi connectivity index (χ1v) is 7.64. The topological polar surface area (TPSA) is 83.5 Å². The third-order valence-corrected chi connectivity index (χ3v) is 4.40. The lowest BCUT2D eigenvalue weighted by molar-refractivity contribution is -0.141. The molecule has 1 fully saturated rings. The first-order valence-electron chi connectivity index (χ1n) is 5.75. The standard InChI is InChI=1S/C12H14FNO4S/c1-19(17,18)11-8(3-2-4-9(11)13)10-5-7(6-14-10)12(15)16/h2-4,7,10,14H,5-6H2,1H3,(H,15,16). The molecule has 1 aromatic rings. The molecule has 0 aromatic heterocycles. The summed E-state index contributed by atoms with van der Waals surface area (Å²) in [5.74, 6) is -2.33. The van der Waals surface area contributed by atoms with E-state index in [1.54, 1.807) is 0 Å². The average molecular weight is 287 g/mol. The van der Waals surface area contributed by atoms with E-state index < -0.39 is 33.6 Å². The van der Waals surface area contributed by atoms with E-state index in [0.717, 1.165) is 12.3 Å². The first-order chi connectivity index (χ1) is 8.80. The summed E-state index contributed by atoms with van der Waals surface area (Å²) in [7, 11) is -3.70. The molecule has 0 saturated carbocycles. The van der Waals surface area contributed by atoms with E-state index in [4.69, 9.17) is 5.11 Å². The number of rotatable bonds is 3. The SMILES string of the molecule is CS(=O)(=O)c1c(F)cccc1C1CC(C(=O)O)CN1. The highest BCUT2D eigenvalue weighted by molar-refractivity contribution is 7.90. The first kappa shape index (κ1) is 14.0. The van der Waals surface area contributed by atoms with Gasteiger partial charge in [-0.1, -0.05) is 12.1 Å². The summed E-state index contributed by atoms with van der Waals surface area (Å²) in [5.41, 5.74) is 0.297. The van der Waals surface area contributed by atoms with Crippen molar-refractivity contribution in [3.63, 3.8) is 0 Å². The zero-order chi connectivity index (χ0) is 14.2. The Bertz CT molecular complexity index is 614. The molecular formula is C12H14FNO4S. The van der Waals surface area contributed by atoms with E-state index in [1.807, 2.05) is 0 Å². The Morgan fingerprint density at radius 3 is 2.68 bits per heavy atom. The molecule has 1 aromatic carbocycles. The molecule has 0 amide bonds. The van der Waals surface area contributed by atoms with E-state index in [-0.39, 0.29) is 17.9 Å². The summed E-state index contributed by atoms with van der Waals surface area (Å²) in [6, 6.07) is 3.57. The molecule has 0 aliphatic carbocycles. The summed E-state index contributed by atoms with van der Waals surface area (Å²) >= 11 is 0. The highest BCUT2D eigenvalue weighted by Gasteiger charge is 2.33. The van der Waals surface area contributed by atoms with Gasteiger partial charge in [0, 0.05) is 18.8 Å². The number of halogens is 1. The van der Waals surface area contributed by atoms with Crippen LogP contribution < -0.4 is 5.32 Å². The molecule has 1 aliphatic heterocycles. The van der Waals surface area contributed by atoms with E-state index >= 15 is 0 Å². The average Bonchev–Trinajstić information content (AvgIpc) is 2.75. The minimum Gasteiger partial charge on any atom is -0.481 e. The van der Waals surface area contributed by atoms with E-state index in [1.165, 1.54) is 12.1 Å². The second kappa shape index (κ2) is 4.90. The Morgan fingerprint density at radius 2 is 2.16 bits per heavy atom. The lowest BCUT2D eigenvalue weighted by Gasteiger charge is -2.15. The smallest absolute Gasteiger partial charge is 0.307 e. The number of hydrogen-bond donors (Lipinski definition) is 2. The minimum atomic E-state index is -3.70. The van der Waals surface area contributed by atoms with E-state index in [0.29, 0.717) is 5.56 Å². The largest absolute Gasteiger partial charge is 0.481 e. The van der Waals surface area contributed by atoms with Gasteiger partial charge in [0.25, 0.3) is 0 Å². The van der Waals surface area contributed by atoms with Gasteiger partial charge in [-0.2, -0.15) is 0 Å². The van der Waals surface area contributed by atoms with Crippen molar-refractivity contribution in [1.82, 2.24) is 5.32 Å². The molecule has 0 radical (unpaired) electrons. The van der Waals surface area contributed by atoms with Crippen molar-refractivity contribution in [3.05, 3.63) is 29.6 Å². The van der Waals surface area contributed by atoms with Crippen LogP contribution in [-0.4, -0.2) is 32.3 Å². The number of carboxylic acids is 1. The normalized spacial score (nSPS) is 23.5. The summed E-state index contributed by atoms with van der Waals surface area (Å²) in [4.78, 5) is 10.5. The quantitative estimate of drug-likeness (QED) is 0.865. The van der Waals surface area contributed by atoms with Crippen molar-refractivity contribution >= 4 is 15.8 Å². The van der Waals surface area contributed by atoms with Crippen LogP contribution >= 0.6 is 0 Å². The van der Waals surface area contributed by atoms with Crippen molar-refractivity contribution in [1.29, 1.82) is 0 Å².